The number of anilines is 1. The van der Waals surface area contributed by atoms with E-state index in [2.05, 4.69) is 5.32 Å². The minimum Gasteiger partial charge on any atom is -0.444 e. The third kappa shape index (κ3) is 6.19. The van der Waals surface area contributed by atoms with Gasteiger partial charge >= 0.3 is 16.3 Å². The van der Waals surface area contributed by atoms with Crippen molar-refractivity contribution in [3.05, 3.63) is 29.8 Å². The molecule has 0 atom stereocenters. The maximum Gasteiger partial charge on any atom is 0.412 e. The van der Waals surface area contributed by atoms with Gasteiger partial charge in [-0.2, -0.15) is 8.42 Å². The normalized spacial score (nSPS) is 12.0. The number of hydrogen-bond acceptors (Lipinski definition) is 4. The van der Waals surface area contributed by atoms with Crippen molar-refractivity contribution >= 4 is 22.0 Å². The Morgan fingerprint density at radius 3 is 2.42 bits per heavy atom. The number of para-hydroxylation sites is 1. The fourth-order valence-electron chi connectivity index (χ4n) is 1.37. The Balaban J connectivity index is 2.87. The van der Waals surface area contributed by atoms with Crippen LogP contribution in [0.15, 0.2) is 24.3 Å². The maximum atomic E-state index is 12.7. The largest absolute Gasteiger partial charge is 0.444 e. The first-order chi connectivity index (χ1) is 8.57. The van der Waals surface area contributed by atoms with Gasteiger partial charge in [0.25, 0.3) is 0 Å². The van der Waals surface area contributed by atoms with Crippen molar-refractivity contribution < 1.29 is 21.8 Å². The van der Waals surface area contributed by atoms with Gasteiger partial charge in [0.05, 0.1) is 0 Å². The Morgan fingerprint density at radius 1 is 1.32 bits per heavy atom. The van der Waals surface area contributed by atoms with Gasteiger partial charge in [0.15, 0.2) is 0 Å². The zero-order chi connectivity index (χ0) is 14.7. The van der Waals surface area contributed by atoms with Crippen LogP contribution in [-0.2, 0) is 20.7 Å². The number of halogens is 1. The molecular formula is C12H16FNO4S. The van der Waals surface area contributed by atoms with Crippen LogP contribution >= 0.6 is 0 Å². The van der Waals surface area contributed by atoms with E-state index in [1.54, 1.807) is 32.9 Å². The predicted octanol–water partition coefficient (Wildman–Crippen LogP) is 2.83. The summed E-state index contributed by atoms with van der Waals surface area (Å²) in [5.41, 5.74) is -0.306. The predicted molar refractivity (Wildman–Crippen MR) is 70.0 cm³/mol. The molecule has 0 aliphatic carbocycles. The highest BCUT2D eigenvalue weighted by atomic mass is 32.3. The van der Waals surface area contributed by atoms with Crippen LogP contribution in [0, 0.1) is 0 Å². The van der Waals surface area contributed by atoms with Crippen LogP contribution in [0.3, 0.4) is 0 Å². The van der Waals surface area contributed by atoms with Crippen LogP contribution in [0.4, 0.5) is 14.4 Å². The lowest BCUT2D eigenvalue weighted by Gasteiger charge is -2.20. The number of rotatable bonds is 3. The molecule has 1 N–H and O–H groups in total. The number of hydrogen-bond donors (Lipinski definition) is 1. The Labute approximate surface area is 112 Å². The lowest BCUT2D eigenvalue weighted by molar-refractivity contribution is 0.0635. The summed E-state index contributed by atoms with van der Waals surface area (Å²) >= 11 is 0. The minimum absolute atomic E-state index is 0.163. The van der Waals surface area contributed by atoms with Gasteiger partial charge < -0.3 is 4.74 Å². The Morgan fingerprint density at radius 2 is 1.89 bits per heavy atom. The number of ether oxygens (including phenoxy) is 1. The van der Waals surface area contributed by atoms with E-state index in [4.69, 9.17) is 4.74 Å². The molecule has 1 rings (SSSR count). The maximum absolute atomic E-state index is 12.7. The van der Waals surface area contributed by atoms with Crippen molar-refractivity contribution in [2.75, 3.05) is 5.32 Å². The van der Waals surface area contributed by atoms with Gasteiger partial charge in [-0.25, -0.2) is 4.79 Å². The van der Waals surface area contributed by atoms with E-state index in [1.165, 1.54) is 12.1 Å². The molecule has 106 valence electrons. The number of nitrogens with one attached hydrogen (secondary N) is 1. The number of amides is 1. The molecule has 5 nitrogen and oxygen atoms in total. The molecule has 0 radical (unpaired) electrons. The first kappa shape index (κ1) is 15.4. The first-order valence-corrected chi connectivity index (χ1v) is 7.12. The van der Waals surface area contributed by atoms with E-state index < -0.39 is 27.7 Å². The highest BCUT2D eigenvalue weighted by molar-refractivity contribution is 7.85. The quantitative estimate of drug-likeness (QED) is 0.868. The average Bonchev–Trinajstić information content (AvgIpc) is 2.15. The van der Waals surface area contributed by atoms with Crippen molar-refractivity contribution in [1.29, 1.82) is 0 Å². The summed E-state index contributed by atoms with van der Waals surface area (Å²) in [5, 5.41) is 2.40. The van der Waals surface area contributed by atoms with Crippen LogP contribution in [-0.4, -0.2) is 20.1 Å². The summed E-state index contributed by atoms with van der Waals surface area (Å²) in [7, 11) is -4.66. The van der Waals surface area contributed by atoms with Crippen molar-refractivity contribution in [2.45, 2.75) is 32.1 Å². The van der Waals surface area contributed by atoms with Crippen LogP contribution in [0.2, 0.25) is 0 Å². The van der Waals surface area contributed by atoms with E-state index in [0.717, 1.165) is 0 Å². The van der Waals surface area contributed by atoms with Crippen molar-refractivity contribution in [3.8, 4) is 0 Å². The van der Waals surface area contributed by atoms with Gasteiger partial charge in [-0.1, -0.05) is 18.2 Å². The van der Waals surface area contributed by atoms with Crippen molar-refractivity contribution in [1.82, 2.24) is 0 Å². The van der Waals surface area contributed by atoms with Gasteiger partial charge in [0, 0.05) is 5.69 Å². The zero-order valence-corrected chi connectivity index (χ0v) is 11.8. The highest BCUT2D eigenvalue weighted by Crippen LogP contribution is 2.19. The van der Waals surface area contributed by atoms with Crippen LogP contribution in [0.1, 0.15) is 26.3 Å². The molecule has 0 fully saturated rings. The molecule has 19 heavy (non-hydrogen) atoms. The molecule has 7 heteroatoms. The molecular weight excluding hydrogens is 273 g/mol. The average molecular weight is 289 g/mol. The molecule has 0 spiro atoms. The topological polar surface area (TPSA) is 72.5 Å². The SMILES string of the molecule is CC(C)(C)OC(=O)Nc1ccccc1CS(=O)(=O)F. The summed E-state index contributed by atoms with van der Waals surface area (Å²) in [4.78, 5) is 11.6. The minimum atomic E-state index is -4.66. The summed E-state index contributed by atoms with van der Waals surface area (Å²) in [6.45, 7) is 5.10. The Bertz CT molecular complexity index is 563. The molecule has 0 bridgehead atoms. The standard InChI is InChI=1S/C12H16FNO4S/c1-12(2,3)18-11(15)14-10-7-5-4-6-9(10)8-19(13,16)17/h4-7H,8H2,1-3H3,(H,14,15). The van der Waals surface area contributed by atoms with E-state index in [9.17, 15) is 17.1 Å². The fourth-order valence-corrected chi connectivity index (χ4v) is 1.99. The lowest BCUT2D eigenvalue weighted by atomic mass is 10.2. The second-order valence-corrected chi connectivity index (χ2v) is 6.33. The van der Waals surface area contributed by atoms with E-state index in [0.29, 0.717) is 0 Å². The van der Waals surface area contributed by atoms with Crippen molar-refractivity contribution in [3.63, 3.8) is 0 Å². The summed E-state index contributed by atoms with van der Waals surface area (Å²) < 4.78 is 39.0. The first-order valence-electron chi connectivity index (χ1n) is 5.57. The number of benzene rings is 1. The smallest absolute Gasteiger partial charge is 0.412 e. The van der Waals surface area contributed by atoms with E-state index >= 15 is 0 Å². The molecule has 0 aliphatic rings. The monoisotopic (exact) mass is 289 g/mol. The van der Waals surface area contributed by atoms with Gasteiger partial charge in [-0.3, -0.25) is 5.32 Å². The molecule has 0 unspecified atom stereocenters. The summed E-state index contributed by atoms with van der Waals surface area (Å²) in [6.07, 6.45) is -0.726. The molecule has 0 saturated carbocycles. The third-order valence-corrected chi connectivity index (χ3v) is 2.64. The molecule has 0 heterocycles. The Hall–Kier alpha value is -1.63. The second kappa shape index (κ2) is 5.56. The van der Waals surface area contributed by atoms with E-state index in [-0.39, 0.29) is 11.3 Å². The molecule has 1 amide bonds. The zero-order valence-electron chi connectivity index (χ0n) is 10.9. The molecule has 1 aromatic rings. The second-order valence-electron chi connectivity index (χ2n) is 4.97. The molecule has 1 aromatic carbocycles. The van der Waals surface area contributed by atoms with Crippen LogP contribution < -0.4 is 5.32 Å². The Kier molecular flexibility index (Phi) is 4.52. The van der Waals surface area contributed by atoms with Crippen LogP contribution in [0.25, 0.3) is 0 Å². The molecule has 0 aromatic heterocycles. The van der Waals surface area contributed by atoms with Crippen molar-refractivity contribution in [2.24, 2.45) is 0 Å². The van der Waals surface area contributed by atoms with E-state index in [1.807, 2.05) is 0 Å². The van der Waals surface area contributed by atoms with Gasteiger partial charge in [0.1, 0.15) is 11.4 Å². The number of carbonyl (C=O) groups excluding carboxylic acids is 1. The summed E-state index contributed by atoms with van der Waals surface area (Å²) in [6, 6.07) is 6.05. The third-order valence-electron chi connectivity index (χ3n) is 1.98. The fraction of sp³-hybridized carbons (Fsp3) is 0.417. The van der Waals surface area contributed by atoms with Gasteiger partial charge in [-0.15, -0.1) is 3.89 Å². The van der Waals surface area contributed by atoms with Crippen LogP contribution in [0.5, 0.6) is 0 Å². The number of carbonyl (C=O) groups is 1. The molecule has 0 aliphatic heterocycles. The highest BCUT2D eigenvalue weighted by Gasteiger charge is 2.18. The van der Waals surface area contributed by atoms with Gasteiger partial charge in [0.2, 0.25) is 0 Å². The summed E-state index contributed by atoms with van der Waals surface area (Å²) in [5.74, 6) is -0.793. The lowest BCUT2D eigenvalue weighted by Crippen LogP contribution is -2.27. The molecule has 0 saturated heterocycles. The van der Waals surface area contributed by atoms with Gasteiger partial charge in [-0.05, 0) is 32.4 Å².